The van der Waals surface area contributed by atoms with E-state index < -0.39 is 0 Å². The number of ether oxygens (including phenoxy) is 1. The minimum atomic E-state index is -0.152. The van der Waals surface area contributed by atoms with Gasteiger partial charge in [-0.2, -0.15) is 0 Å². The molecule has 0 aliphatic carbocycles. The fraction of sp³-hybridized carbons (Fsp3) is 0.167. The van der Waals surface area contributed by atoms with Gasteiger partial charge in [-0.15, -0.1) is 0 Å². The maximum atomic E-state index is 11.3. The van der Waals surface area contributed by atoms with Crippen LogP contribution in [0.25, 0.3) is 0 Å². The van der Waals surface area contributed by atoms with Crippen LogP contribution in [-0.2, 0) is 4.79 Å². The summed E-state index contributed by atoms with van der Waals surface area (Å²) in [4.78, 5) is 15.6. The number of anilines is 1. The van der Waals surface area contributed by atoms with Gasteiger partial charge in [0.05, 0.1) is 12.8 Å². The first-order valence-corrected chi connectivity index (χ1v) is 8.53. The molecule has 2 rings (SSSR count). The zero-order chi connectivity index (χ0) is 19.1. The topological polar surface area (TPSA) is 83.0 Å². The van der Waals surface area contributed by atoms with Gasteiger partial charge in [0.15, 0.2) is 16.6 Å². The molecule has 26 heavy (non-hydrogen) atoms. The maximum absolute atomic E-state index is 11.3. The number of aromatic hydroxyl groups is 1. The summed E-state index contributed by atoms with van der Waals surface area (Å²) in [5.74, 6) is 0.0950. The van der Waals surface area contributed by atoms with E-state index in [-0.39, 0.29) is 22.5 Å². The van der Waals surface area contributed by atoms with Crippen LogP contribution in [0.5, 0.6) is 11.5 Å². The summed E-state index contributed by atoms with van der Waals surface area (Å²) in [5.41, 5.74) is 1.83. The number of carbonyl (C=O) groups is 1. The second kappa shape index (κ2) is 9.17. The number of nitrogens with zero attached hydrogens (tertiary/aromatic N) is 1. The molecule has 6 nitrogen and oxygen atoms in total. The molecule has 0 unspecified atom stereocenters. The number of phenols is 1. The van der Waals surface area contributed by atoms with Crippen molar-refractivity contribution >= 4 is 52.4 Å². The number of rotatable bonds is 5. The molecule has 0 bridgehead atoms. The third-order valence-corrected chi connectivity index (χ3v) is 3.76. The normalized spacial score (nSPS) is 10.6. The van der Waals surface area contributed by atoms with Crippen LogP contribution < -0.4 is 15.4 Å². The van der Waals surface area contributed by atoms with Crippen molar-refractivity contribution in [2.75, 3.05) is 12.4 Å². The van der Waals surface area contributed by atoms with Crippen LogP contribution >= 0.6 is 23.8 Å². The molecule has 0 heterocycles. The van der Waals surface area contributed by atoms with E-state index in [0.29, 0.717) is 22.7 Å². The molecule has 0 radical (unpaired) electrons. The van der Waals surface area contributed by atoms with E-state index in [2.05, 4.69) is 15.6 Å². The molecular weight excluding hydrogens is 374 g/mol. The molecule has 136 valence electrons. The van der Waals surface area contributed by atoms with E-state index in [0.717, 1.165) is 5.69 Å². The van der Waals surface area contributed by atoms with Crippen molar-refractivity contribution in [2.24, 2.45) is 4.99 Å². The van der Waals surface area contributed by atoms with E-state index >= 15 is 0 Å². The van der Waals surface area contributed by atoms with E-state index in [1.54, 1.807) is 37.3 Å². The van der Waals surface area contributed by atoms with E-state index in [1.807, 2.05) is 0 Å². The van der Waals surface area contributed by atoms with Crippen molar-refractivity contribution in [1.82, 2.24) is 5.32 Å². The summed E-state index contributed by atoms with van der Waals surface area (Å²) in [6.45, 7) is 1.75. The number of benzene rings is 2. The Hall–Kier alpha value is -2.64. The third-order valence-electron chi connectivity index (χ3n) is 3.34. The molecule has 0 spiro atoms. The Morgan fingerprint density at radius 3 is 2.65 bits per heavy atom. The molecular formula is C18H18ClN3O3S. The van der Waals surface area contributed by atoms with E-state index in [9.17, 15) is 9.90 Å². The van der Waals surface area contributed by atoms with Crippen LogP contribution in [0.3, 0.4) is 0 Å². The molecule has 0 fully saturated rings. The Morgan fingerprint density at radius 1 is 1.35 bits per heavy atom. The molecule has 1 amide bonds. The number of amides is 1. The molecule has 3 N–H and O–H groups in total. The molecule has 0 saturated carbocycles. The Balaban J connectivity index is 2.08. The minimum Gasteiger partial charge on any atom is -0.504 e. The van der Waals surface area contributed by atoms with Gasteiger partial charge in [0.25, 0.3) is 0 Å². The van der Waals surface area contributed by atoms with Crippen LogP contribution in [0.4, 0.5) is 11.4 Å². The molecule has 0 saturated heterocycles. The lowest BCUT2D eigenvalue weighted by molar-refractivity contribution is -0.119. The SMILES string of the molecule is CCC(=O)NC(=S)Nc1ccc(N=Cc2cc(Cl)cc(OC)c2O)cc1. The lowest BCUT2D eigenvalue weighted by Gasteiger charge is -2.09. The van der Waals surface area contributed by atoms with Crippen LogP contribution in [0, 0.1) is 0 Å². The van der Waals surface area contributed by atoms with Crippen molar-refractivity contribution in [3.8, 4) is 11.5 Å². The average Bonchev–Trinajstić information content (AvgIpc) is 2.63. The number of phenolic OH excluding ortho intramolecular Hbond substituents is 1. The number of methoxy groups -OCH3 is 1. The van der Waals surface area contributed by atoms with Crippen LogP contribution in [0.2, 0.25) is 5.02 Å². The fourth-order valence-electron chi connectivity index (χ4n) is 2.00. The predicted octanol–water partition coefficient (Wildman–Crippen LogP) is 4.03. The molecule has 2 aromatic carbocycles. The minimum absolute atomic E-state index is 0.0315. The number of halogens is 1. The Kier molecular flexibility index (Phi) is 6.94. The highest BCUT2D eigenvalue weighted by atomic mass is 35.5. The summed E-state index contributed by atoms with van der Waals surface area (Å²) in [5, 5.41) is 16.2. The molecule has 0 aromatic heterocycles. The quantitative estimate of drug-likeness (QED) is 0.529. The van der Waals surface area contributed by atoms with Crippen molar-refractivity contribution in [1.29, 1.82) is 0 Å². The maximum Gasteiger partial charge on any atom is 0.225 e. The third kappa shape index (κ3) is 5.44. The van der Waals surface area contributed by atoms with Gasteiger partial charge in [0, 0.05) is 35.0 Å². The van der Waals surface area contributed by atoms with Crippen molar-refractivity contribution in [2.45, 2.75) is 13.3 Å². The number of thiocarbonyl (C=S) groups is 1. The first kappa shape index (κ1) is 19.7. The van der Waals surface area contributed by atoms with Gasteiger partial charge >= 0.3 is 0 Å². The summed E-state index contributed by atoms with van der Waals surface area (Å²) < 4.78 is 5.06. The zero-order valence-electron chi connectivity index (χ0n) is 14.2. The zero-order valence-corrected chi connectivity index (χ0v) is 15.8. The van der Waals surface area contributed by atoms with Crippen molar-refractivity contribution < 1.29 is 14.6 Å². The largest absolute Gasteiger partial charge is 0.504 e. The van der Waals surface area contributed by atoms with Gasteiger partial charge in [0.1, 0.15) is 0 Å². The van der Waals surface area contributed by atoms with Gasteiger partial charge < -0.3 is 20.5 Å². The molecule has 0 aliphatic heterocycles. The molecule has 2 aromatic rings. The number of nitrogens with one attached hydrogen (secondary N) is 2. The smallest absolute Gasteiger partial charge is 0.225 e. The van der Waals surface area contributed by atoms with Crippen LogP contribution in [0.15, 0.2) is 41.4 Å². The van der Waals surface area contributed by atoms with E-state index in [4.69, 9.17) is 28.6 Å². The van der Waals surface area contributed by atoms with Crippen molar-refractivity contribution in [3.05, 3.63) is 47.0 Å². The highest BCUT2D eigenvalue weighted by Crippen LogP contribution is 2.32. The number of hydrogen-bond donors (Lipinski definition) is 3. The first-order valence-electron chi connectivity index (χ1n) is 7.74. The van der Waals surface area contributed by atoms with Gasteiger partial charge in [-0.25, -0.2) is 0 Å². The Bertz CT molecular complexity index is 838. The highest BCUT2D eigenvalue weighted by Gasteiger charge is 2.08. The molecule has 8 heteroatoms. The Labute approximate surface area is 161 Å². The number of carbonyl (C=O) groups excluding carboxylic acids is 1. The van der Waals surface area contributed by atoms with Gasteiger partial charge in [-0.1, -0.05) is 18.5 Å². The first-order chi connectivity index (χ1) is 12.4. The summed E-state index contributed by atoms with van der Waals surface area (Å²) >= 11 is 11.0. The van der Waals surface area contributed by atoms with Crippen LogP contribution in [0.1, 0.15) is 18.9 Å². The average molecular weight is 392 g/mol. The second-order valence-corrected chi connectivity index (χ2v) is 6.05. The van der Waals surface area contributed by atoms with Crippen molar-refractivity contribution in [3.63, 3.8) is 0 Å². The van der Waals surface area contributed by atoms with E-state index in [1.165, 1.54) is 19.4 Å². The summed E-state index contributed by atoms with van der Waals surface area (Å²) in [6, 6.07) is 10.2. The lowest BCUT2D eigenvalue weighted by Crippen LogP contribution is -2.33. The number of hydrogen-bond acceptors (Lipinski definition) is 5. The van der Waals surface area contributed by atoms with Gasteiger partial charge in [-0.05, 0) is 42.5 Å². The van der Waals surface area contributed by atoms with Crippen LogP contribution in [-0.4, -0.2) is 29.5 Å². The summed E-state index contributed by atoms with van der Waals surface area (Å²) in [7, 11) is 1.45. The summed E-state index contributed by atoms with van der Waals surface area (Å²) in [6.07, 6.45) is 1.86. The lowest BCUT2D eigenvalue weighted by atomic mass is 10.2. The predicted molar refractivity (Wildman–Crippen MR) is 108 cm³/mol. The fourth-order valence-corrected chi connectivity index (χ4v) is 2.45. The molecule has 0 aliphatic rings. The standard InChI is InChI=1S/C18H18ClN3O3S/c1-3-16(23)22-18(26)21-14-6-4-13(5-7-14)20-10-11-8-12(19)9-15(25-2)17(11)24/h4-10,24H,3H2,1-2H3,(H2,21,22,23,26). The molecule has 0 atom stereocenters. The van der Waals surface area contributed by atoms with Gasteiger partial charge in [-0.3, -0.25) is 9.79 Å². The second-order valence-electron chi connectivity index (χ2n) is 5.21. The number of aliphatic imine (C=N–C) groups is 1. The Morgan fingerprint density at radius 2 is 2.04 bits per heavy atom. The van der Waals surface area contributed by atoms with Gasteiger partial charge in [0.2, 0.25) is 5.91 Å². The monoisotopic (exact) mass is 391 g/mol. The highest BCUT2D eigenvalue weighted by molar-refractivity contribution is 7.80.